The average Bonchev–Trinajstić information content (AvgIpc) is 3.12. The first-order valence-electron chi connectivity index (χ1n) is 9.82. The van der Waals surface area contributed by atoms with Crippen molar-refractivity contribution >= 4 is 35.1 Å². The Balaban J connectivity index is 1.68. The molecule has 2 aromatic rings. The van der Waals surface area contributed by atoms with Gasteiger partial charge >= 0.3 is 5.97 Å². The summed E-state index contributed by atoms with van der Waals surface area (Å²) in [5.74, 6) is -1.71. The molecule has 1 aliphatic rings. The standard InChI is InChI=1S/C23H21N3O5/c1-16(22(29)25(15-5-14-24)18-6-3-2-4-7-18)31-23(30)17-8-10-19(11-9-17)26-20(27)12-13-21(26)28/h2-4,6-11,16H,5,12-13,15H2,1H3. The Morgan fingerprint density at radius 3 is 2.26 bits per heavy atom. The molecule has 0 saturated carbocycles. The van der Waals surface area contributed by atoms with Crippen molar-refractivity contribution in [2.45, 2.75) is 32.3 Å². The molecular weight excluding hydrogens is 398 g/mol. The number of hydrogen-bond acceptors (Lipinski definition) is 6. The van der Waals surface area contributed by atoms with E-state index in [4.69, 9.17) is 10.00 Å². The van der Waals surface area contributed by atoms with Gasteiger partial charge in [0, 0.05) is 25.1 Å². The summed E-state index contributed by atoms with van der Waals surface area (Å²) in [5.41, 5.74) is 1.18. The molecule has 2 aromatic carbocycles. The van der Waals surface area contributed by atoms with Gasteiger partial charge in [-0.1, -0.05) is 18.2 Å². The minimum absolute atomic E-state index is 0.136. The van der Waals surface area contributed by atoms with Crippen molar-refractivity contribution in [1.82, 2.24) is 0 Å². The molecule has 0 aliphatic carbocycles. The van der Waals surface area contributed by atoms with E-state index in [-0.39, 0.29) is 43.2 Å². The molecule has 1 atom stereocenters. The van der Waals surface area contributed by atoms with Gasteiger partial charge in [0.2, 0.25) is 11.8 Å². The van der Waals surface area contributed by atoms with Crippen LogP contribution in [0.3, 0.4) is 0 Å². The van der Waals surface area contributed by atoms with Crippen LogP contribution in [0.4, 0.5) is 11.4 Å². The molecule has 1 heterocycles. The quantitative estimate of drug-likeness (QED) is 0.504. The summed E-state index contributed by atoms with van der Waals surface area (Å²) in [4.78, 5) is 51.5. The van der Waals surface area contributed by atoms with E-state index in [0.717, 1.165) is 4.90 Å². The van der Waals surface area contributed by atoms with Gasteiger partial charge < -0.3 is 9.64 Å². The summed E-state index contributed by atoms with van der Waals surface area (Å²) < 4.78 is 5.33. The van der Waals surface area contributed by atoms with E-state index >= 15 is 0 Å². The Hall–Kier alpha value is -3.99. The van der Waals surface area contributed by atoms with E-state index < -0.39 is 18.0 Å². The highest BCUT2D eigenvalue weighted by atomic mass is 16.5. The number of carbonyl (C=O) groups excluding carboxylic acids is 4. The van der Waals surface area contributed by atoms with Crippen molar-refractivity contribution in [3.05, 3.63) is 60.2 Å². The van der Waals surface area contributed by atoms with Gasteiger partial charge in [-0.15, -0.1) is 0 Å². The lowest BCUT2D eigenvalue weighted by Crippen LogP contribution is -2.40. The molecule has 0 aromatic heterocycles. The molecule has 3 amide bonds. The minimum atomic E-state index is -1.08. The number of para-hydroxylation sites is 1. The lowest BCUT2D eigenvalue weighted by molar-refractivity contribution is -0.126. The number of nitrogens with zero attached hydrogens (tertiary/aromatic N) is 3. The monoisotopic (exact) mass is 419 g/mol. The topological polar surface area (TPSA) is 108 Å². The average molecular weight is 419 g/mol. The van der Waals surface area contributed by atoms with Crippen LogP contribution in [0, 0.1) is 11.3 Å². The predicted molar refractivity (Wildman–Crippen MR) is 112 cm³/mol. The number of benzene rings is 2. The van der Waals surface area contributed by atoms with Crippen LogP contribution >= 0.6 is 0 Å². The summed E-state index contributed by atoms with van der Waals surface area (Å²) in [5, 5.41) is 8.89. The SMILES string of the molecule is CC(OC(=O)c1ccc(N2C(=O)CCC2=O)cc1)C(=O)N(CCC#N)c1ccccc1. The molecule has 1 saturated heterocycles. The third kappa shape index (κ3) is 4.95. The van der Waals surface area contributed by atoms with E-state index in [1.165, 1.54) is 36.1 Å². The summed E-state index contributed by atoms with van der Waals surface area (Å²) in [7, 11) is 0. The normalized spacial score (nSPS) is 14.1. The van der Waals surface area contributed by atoms with E-state index in [0.29, 0.717) is 11.4 Å². The zero-order chi connectivity index (χ0) is 22.4. The van der Waals surface area contributed by atoms with E-state index in [2.05, 4.69) is 0 Å². The van der Waals surface area contributed by atoms with E-state index in [9.17, 15) is 19.2 Å². The van der Waals surface area contributed by atoms with Crippen LogP contribution in [-0.4, -0.2) is 36.3 Å². The molecule has 0 N–H and O–H groups in total. The second-order valence-electron chi connectivity index (χ2n) is 6.95. The predicted octanol–water partition coefficient (Wildman–Crippen LogP) is 2.83. The molecule has 31 heavy (non-hydrogen) atoms. The van der Waals surface area contributed by atoms with Crippen molar-refractivity contribution in [2.75, 3.05) is 16.3 Å². The second kappa shape index (κ2) is 9.67. The van der Waals surface area contributed by atoms with Gasteiger partial charge in [0.1, 0.15) is 0 Å². The van der Waals surface area contributed by atoms with Gasteiger partial charge in [-0.25, -0.2) is 4.79 Å². The zero-order valence-electron chi connectivity index (χ0n) is 17.0. The maximum Gasteiger partial charge on any atom is 0.338 e. The molecule has 0 spiro atoms. The fourth-order valence-corrected chi connectivity index (χ4v) is 3.25. The van der Waals surface area contributed by atoms with Crippen molar-refractivity contribution < 1.29 is 23.9 Å². The smallest absolute Gasteiger partial charge is 0.338 e. The number of nitriles is 1. The highest BCUT2D eigenvalue weighted by Gasteiger charge is 2.30. The fourth-order valence-electron chi connectivity index (χ4n) is 3.25. The Labute approximate surface area is 179 Å². The van der Waals surface area contributed by atoms with Crippen LogP contribution in [0.25, 0.3) is 0 Å². The second-order valence-corrected chi connectivity index (χ2v) is 6.95. The summed E-state index contributed by atoms with van der Waals surface area (Å²) >= 11 is 0. The first-order chi connectivity index (χ1) is 14.9. The van der Waals surface area contributed by atoms with Gasteiger partial charge in [0.25, 0.3) is 5.91 Å². The highest BCUT2D eigenvalue weighted by molar-refractivity contribution is 6.19. The lowest BCUT2D eigenvalue weighted by atomic mass is 10.2. The van der Waals surface area contributed by atoms with Gasteiger partial charge in [0.05, 0.1) is 23.7 Å². The molecule has 1 fully saturated rings. The molecule has 8 nitrogen and oxygen atoms in total. The Bertz CT molecular complexity index is 1010. The third-order valence-corrected chi connectivity index (χ3v) is 4.83. The molecule has 8 heteroatoms. The summed E-state index contributed by atoms with van der Waals surface area (Å²) in [6.07, 6.45) is -0.595. The Morgan fingerprint density at radius 1 is 1.06 bits per heavy atom. The number of carbonyl (C=O) groups is 4. The zero-order valence-corrected chi connectivity index (χ0v) is 17.0. The first kappa shape index (κ1) is 21.7. The molecule has 0 radical (unpaired) electrons. The van der Waals surface area contributed by atoms with Gasteiger partial charge in [0.15, 0.2) is 6.10 Å². The molecule has 158 valence electrons. The molecular formula is C23H21N3O5. The molecule has 1 unspecified atom stereocenters. The molecule has 3 rings (SSSR count). The Kier molecular flexibility index (Phi) is 6.78. The fraction of sp³-hybridized carbons (Fsp3) is 0.261. The number of imide groups is 1. The van der Waals surface area contributed by atoms with Crippen LogP contribution in [-0.2, 0) is 19.1 Å². The molecule has 1 aliphatic heterocycles. The number of esters is 1. The van der Waals surface area contributed by atoms with E-state index in [1.54, 1.807) is 24.3 Å². The first-order valence-corrected chi connectivity index (χ1v) is 9.82. The van der Waals surface area contributed by atoms with Crippen LogP contribution < -0.4 is 9.80 Å². The van der Waals surface area contributed by atoms with Gasteiger partial charge in [-0.05, 0) is 43.3 Å². The van der Waals surface area contributed by atoms with Crippen molar-refractivity contribution in [2.24, 2.45) is 0 Å². The third-order valence-electron chi connectivity index (χ3n) is 4.83. The number of rotatable bonds is 7. The largest absolute Gasteiger partial charge is 0.449 e. The van der Waals surface area contributed by atoms with Crippen molar-refractivity contribution in [1.29, 1.82) is 5.26 Å². The lowest BCUT2D eigenvalue weighted by Gasteiger charge is -2.25. The van der Waals surface area contributed by atoms with E-state index in [1.807, 2.05) is 12.1 Å². The minimum Gasteiger partial charge on any atom is -0.449 e. The van der Waals surface area contributed by atoms with Gasteiger partial charge in [-0.2, -0.15) is 5.26 Å². The maximum atomic E-state index is 12.9. The van der Waals surface area contributed by atoms with Crippen LogP contribution in [0.15, 0.2) is 54.6 Å². The van der Waals surface area contributed by atoms with Crippen molar-refractivity contribution in [3.8, 4) is 6.07 Å². The number of anilines is 2. The van der Waals surface area contributed by atoms with Crippen LogP contribution in [0.5, 0.6) is 0 Å². The highest BCUT2D eigenvalue weighted by Crippen LogP contribution is 2.23. The number of amides is 3. The maximum absolute atomic E-state index is 12.9. The van der Waals surface area contributed by atoms with Gasteiger partial charge in [-0.3, -0.25) is 19.3 Å². The number of ether oxygens (including phenoxy) is 1. The Morgan fingerprint density at radius 2 is 1.68 bits per heavy atom. The van der Waals surface area contributed by atoms with Crippen LogP contribution in [0.2, 0.25) is 0 Å². The summed E-state index contributed by atoms with van der Waals surface area (Å²) in [6, 6.07) is 16.7. The summed E-state index contributed by atoms with van der Waals surface area (Å²) in [6.45, 7) is 1.65. The van der Waals surface area contributed by atoms with Crippen LogP contribution in [0.1, 0.15) is 36.5 Å². The van der Waals surface area contributed by atoms with Crippen molar-refractivity contribution in [3.63, 3.8) is 0 Å². The molecule has 0 bridgehead atoms. The number of hydrogen-bond donors (Lipinski definition) is 0.